The van der Waals surface area contributed by atoms with E-state index in [0.717, 1.165) is 12.8 Å². The Labute approximate surface area is 240 Å². The monoisotopic (exact) mass is 581 g/mol. The molecule has 39 heavy (non-hydrogen) atoms. The van der Waals surface area contributed by atoms with Crippen molar-refractivity contribution in [3.8, 4) is 12.3 Å². The molecule has 0 radical (unpaired) electrons. The van der Waals surface area contributed by atoms with Crippen LogP contribution in [-0.2, 0) is 9.47 Å². The van der Waals surface area contributed by atoms with Gasteiger partial charge in [0.25, 0.3) is 5.91 Å². The zero-order chi connectivity index (χ0) is 29.3. The average Bonchev–Trinajstić information content (AvgIpc) is 2.90. The number of rotatable bonds is 15. The molecule has 0 aliphatic carbocycles. The van der Waals surface area contributed by atoms with Gasteiger partial charge in [0.2, 0.25) is 0 Å². The molecule has 2 heterocycles. The van der Waals surface area contributed by atoms with Gasteiger partial charge in [-0.3, -0.25) is 4.79 Å². The molecule has 0 spiro atoms. The molecule has 12 heteroatoms. The number of halogens is 2. The van der Waals surface area contributed by atoms with Gasteiger partial charge in [-0.05, 0) is 52.7 Å². The van der Waals surface area contributed by atoms with E-state index in [2.05, 4.69) is 31.8 Å². The summed E-state index contributed by atoms with van der Waals surface area (Å²) in [5.41, 5.74) is -0.299. The van der Waals surface area contributed by atoms with Gasteiger partial charge in [0.1, 0.15) is 17.2 Å². The summed E-state index contributed by atoms with van der Waals surface area (Å²) in [6.07, 6.45) is 9.91. The van der Waals surface area contributed by atoms with E-state index in [1.165, 1.54) is 18.5 Å². The lowest BCUT2D eigenvalue weighted by Crippen LogP contribution is -2.42. The first-order valence-corrected chi connectivity index (χ1v) is 13.3. The molecule has 0 atom stereocenters. The third kappa shape index (κ3) is 13.5. The van der Waals surface area contributed by atoms with Crippen molar-refractivity contribution >= 4 is 46.7 Å². The van der Waals surface area contributed by atoms with E-state index in [-0.39, 0.29) is 11.5 Å². The van der Waals surface area contributed by atoms with Crippen LogP contribution in [0.25, 0.3) is 0 Å². The highest BCUT2D eigenvalue weighted by molar-refractivity contribution is 6.31. The zero-order valence-corrected chi connectivity index (χ0v) is 24.3. The summed E-state index contributed by atoms with van der Waals surface area (Å²) in [7, 11) is 0. The van der Waals surface area contributed by atoms with E-state index in [1.54, 1.807) is 19.9 Å². The van der Waals surface area contributed by atoms with Crippen LogP contribution >= 0.6 is 23.2 Å². The number of pyridine rings is 2. The van der Waals surface area contributed by atoms with E-state index >= 15 is 0 Å². The van der Waals surface area contributed by atoms with E-state index in [0.29, 0.717) is 66.8 Å². The van der Waals surface area contributed by atoms with Crippen LogP contribution in [0.5, 0.6) is 0 Å². The van der Waals surface area contributed by atoms with E-state index in [1.807, 2.05) is 13.8 Å². The second-order valence-electron chi connectivity index (χ2n) is 8.58. The highest BCUT2D eigenvalue weighted by Crippen LogP contribution is 2.19. The molecule has 214 valence electrons. The van der Waals surface area contributed by atoms with Crippen molar-refractivity contribution in [3.05, 3.63) is 45.7 Å². The van der Waals surface area contributed by atoms with Crippen LogP contribution in [0, 0.1) is 12.3 Å². The van der Waals surface area contributed by atoms with Crippen molar-refractivity contribution in [2.24, 2.45) is 0 Å². The first kappa shape index (κ1) is 33.9. The summed E-state index contributed by atoms with van der Waals surface area (Å²) in [6.45, 7) is 11.3. The number of nitrogens with one attached hydrogen (secondary N) is 3. The van der Waals surface area contributed by atoms with Gasteiger partial charge in [0.05, 0.1) is 21.1 Å². The van der Waals surface area contributed by atoms with Crippen molar-refractivity contribution in [3.63, 3.8) is 0 Å². The number of anilines is 2. The Balaban J connectivity index is 0.000000403. The fourth-order valence-corrected chi connectivity index (χ4v) is 3.25. The molecule has 0 saturated carbocycles. The summed E-state index contributed by atoms with van der Waals surface area (Å²) in [4.78, 5) is 31.4. The fraction of sp³-hybridized carbons (Fsp3) is 0.481. The quantitative estimate of drug-likeness (QED) is 0.169. The number of aromatic nitrogens is 2. The van der Waals surface area contributed by atoms with Crippen LogP contribution in [0.2, 0.25) is 10.0 Å². The lowest BCUT2D eigenvalue weighted by molar-refractivity contribution is 0.0697. The molecule has 0 saturated heterocycles. The van der Waals surface area contributed by atoms with Crippen LogP contribution in [0.3, 0.4) is 0 Å². The first-order valence-electron chi connectivity index (χ1n) is 12.5. The number of ether oxygens (including phenoxy) is 2. The first-order chi connectivity index (χ1) is 18.5. The molecule has 2 aromatic heterocycles. The molecule has 2 aromatic rings. The number of carboxylic acid groups (broad SMARTS) is 1. The molecule has 0 unspecified atom stereocenters. The number of carbonyl (C=O) groups excluding carboxylic acids is 1. The Morgan fingerprint density at radius 3 is 1.85 bits per heavy atom. The van der Waals surface area contributed by atoms with Gasteiger partial charge in [0, 0.05) is 51.9 Å². The maximum atomic E-state index is 12.4. The Bertz CT molecular complexity index is 1110. The van der Waals surface area contributed by atoms with Crippen molar-refractivity contribution in [2.75, 3.05) is 50.2 Å². The predicted molar refractivity (Wildman–Crippen MR) is 155 cm³/mol. The molecule has 0 bridgehead atoms. The van der Waals surface area contributed by atoms with Gasteiger partial charge in [-0.2, -0.15) is 0 Å². The van der Waals surface area contributed by atoms with E-state index < -0.39 is 11.5 Å². The van der Waals surface area contributed by atoms with Gasteiger partial charge in [-0.25, -0.2) is 14.8 Å². The predicted octanol–water partition coefficient (Wildman–Crippen LogP) is 4.99. The standard InChI is InChI=1S/C16H22ClN3O2.C11H15ClN2O3/c1-5-16(3,4)20-15(21)13-10-12(17)11-19-14(13)18-8-7-9-22-6-2;1-2-17-5-3-4-13-10-9(11(15)16)6-8(12)7-14-10/h1,10-11H,6-9H2,2-4H3,(H,18,19)(H,20,21);6-7H,2-5H2,1H3,(H,13,14)(H,15,16). The third-order valence-corrected chi connectivity index (χ3v) is 5.31. The number of amides is 1. The van der Waals surface area contributed by atoms with Crippen molar-refractivity contribution in [2.45, 2.75) is 46.1 Å². The molecule has 0 aliphatic rings. The number of aromatic carboxylic acids is 1. The number of carboxylic acids is 1. The normalized spacial score (nSPS) is 10.6. The van der Waals surface area contributed by atoms with Crippen molar-refractivity contribution in [1.29, 1.82) is 0 Å². The molecule has 10 nitrogen and oxygen atoms in total. The largest absolute Gasteiger partial charge is 0.478 e. The van der Waals surface area contributed by atoms with Crippen molar-refractivity contribution < 1.29 is 24.2 Å². The second-order valence-corrected chi connectivity index (χ2v) is 9.46. The molecular formula is C27H37Cl2N5O5. The van der Waals surface area contributed by atoms with Crippen LogP contribution in [0.15, 0.2) is 24.5 Å². The zero-order valence-electron chi connectivity index (χ0n) is 22.8. The smallest absolute Gasteiger partial charge is 0.339 e. The Kier molecular flexibility index (Phi) is 15.9. The maximum Gasteiger partial charge on any atom is 0.339 e. The number of hydrogen-bond acceptors (Lipinski definition) is 8. The number of hydrogen-bond donors (Lipinski definition) is 4. The summed E-state index contributed by atoms with van der Waals surface area (Å²) >= 11 is 11.6. The lowest BCUT2D eigenvalue weighted by atomic mass is 10.1. The molecule has 1 amide bonds. The SMILES string of the molecule is C#CC(C)(C)NC(=O)c1cc(Cl)cnc1NCCCOCC.CCOCCCNc1ncc(Cl)cc1C(=O)O. The highest BCUT2D eigenvalue weighted by Gasteiger charge is 2.21. The lowest BCUT2D eigenvalue weighted by Gasteiger charge is -2.20. The van der Waals surface area contributed by atoms with Gasteiger partial charge in [-0.1, -0.05) is 29.1 Å². The molecular weight excluding hydrogens is 545 g/mol. The minimum atomic E-state index is -1.05. The Morgan fingerprint density at radius 2 is 1.41 bits per heavy atom. The van der Waals surface area contributed by atoms with Crippen molar-refractivity contribution in [1.82, 2.24) is 15.3 Å². The molecule has 4 N–H and O–H groups in total. The van der Waals surface area contributed by atoms with Crippen LogP contribution < -0.4 is 16.0 Å². The summed E-state index contributed by atoms with van der Waals surface area (Å²) in [6, 6.07) is 2.95. The van der Waals surface area contributed by atoms with Crippen LogP contribution in [-0.4, -0.2) is 72.0 Å². The number of carbonyl (C=O) groups is 2. The Hall–Kier alpha value is -3.10. The van der Waals surface area contributed by atoms with Gasteiger partial charge < -0.3 is 30.5 Å². The molecule has 2 rings (SSSR count). The van der Waals surface area contributed by atoms with E-state index in [9.17, 15) is 9.59 Å². The highest BCUT2D eigenvalue weighted by atomic mass is 35.5. The van der Waals surface area contributed by atoms with Gasteiger partial charge >= 0.3 is 5.97 Å². The maximum absolute atomic E-state index is 12.4. The van der Waals surface area contributed by atoms with Gasteiger partial charge in [0.15, 0.2) is 0 Å². The molecule has 0 aromatic carbocycles. The third-order valence-electron chi connectivity index (χ3n) is 4.89. The number of terminal acetylenes is 1. The molecule has 0 aliphatic heterocycles. The average molecular weight is 583 g/mol. The molecule has 0 fully saturated rings. The summed E-state index contributed by atoms with van der Waals surface area (Å²) in [5.74, 6) is 1.97. The topological polar surface area (TPSA) is 135 Å². The Morgan fingerprint density at radius 1 is 0.949 bits per heavy atom. The van der Waals surface area contributed by atoms with Crippen LogP contribution in [0.4, 0.5) is 11.6 Å². The second kappa shape index (κ2) is 18.2. The minimum absolute atomic E-state index is 0.0777. The minimum Gasteiger partial charge on any atom is -0.478 e. The summed E-state index contributed by atoms with van der Waals surface area (Å²) < 4.78 is 10.4. The van der Waals surface area contributed by atoms with Gasteiger partial charge in [-0.15, -0.1) is 6.42 Å². The van der Waals surface area contributed by atoms with Crippen LogP contribution in [0.1, 0.15) is 61.3 Å². The fourth-order valence-electron chi connectivity index (χ4n) is 2.93. The summed E-state index contributed by atoms with van der Waals surface area (Å²) in [5, 5.41) is 18.5. The number of nitrogens with zero attached hydrogens (tertiary/aromatic N) is 2. The van der Waals surface area contributed by atoms with E-state index in [4.69, 9.17) is 44.2 Å².